The number of rotatable bonds is 3. The molecule has 21 heavy (non-hydrogen) atoms. The van der Waals surface area contributed by atoms with Crippen LogP contribution < -0.4 is 16.3 Å². The quantitative estimate of drug-likeness (QED) is 0.708. The van der Waals surface area contributed by atoms with E-state index in [4.69, 9.17) is 10.5 Å². The van der Waals surface area contributed by atoms with Gasteiger partial charge in [-0.25, -0.2) is 8.42 Å². The van der Waals surface area contributed by atoms with E-state index in [2.05, 4.69) is 4.98 Å². The van der Waals surface area contributed by atoms with E-state index in [9.17, 15) is 13.2 Å². The number of aromatic amines is 1. The monoisotopic (exact) mass is 311 g/mol. The number of carbonyl (C=O) groups excluding carboxylic acids is 1. The largest absolute Gasteiger partial charge is 0.379 e. The first-order chi connectivity index (χ1) is 10.0. The van der Waals surface area contributed by atoms with Crippen molar-refractivity contribution in [1.82, 2.24) is 9.29 Å². The summed E-state index contributed by atoms with van der Waals surface area (Å²) in [5.41, 5.74) is 5.31. The van der Waals surface area contributed by atoms with Gasteiger partial charge in [-0.15, -0.1) is 0 Å². The fourth-order valence-electron chi connectivity index (χ4n) is 2.69. The topological polar surface area (TPSA) is 105 Å². The number of hydrogen-bond donors (Lipinski definition) is 2. The molecule has 3 rings (SSSR count). The number of carbonyl (C=O) groups is 1. The standard InChI is InChI=1S/C13H17N3O4S/c14-13(17)11-12(9-3-1-2-4-10(9)15-11)21(18,19)16-5-7-20-8-6-16/h3-4,15H,1-2,5-8H2,(H2,14,17). The molecule has 1 aromatic heterocycles. The second-order valence-corrected chi connectivity index (χ2v) is 6.90. The number of sulfonamides is 1. The Hall–Kier alpha value is -1.64. The van der Waals surface area contributed by atoms with Crippen LogP contribution in [0.4, 0.5) is 0 Å². The van der Waals surface area contributed by atoms with E-state index in [0.29, 0.717) is 23.8 Å². The Morgan fingerprint density at radius 1 is 1.24 bits per heavy atom. The molecule has 1 saturated heterocycles. The van der Waals surface area contributed by atoms with Gasteiger partial charge in [0.15, 0.2) is 0 Å². The maximum absolute atomic E-state index is 12.9. The summed E-state index contributed by atoms with van der Waals surface area (Å²) in [7, 11) is -3.77. The van der Waals surface area contributed by atoms with Crippen molar-refractivity contribution < 1.29 is 17.9 Å². The first kappa shape index (κ1) is 14.3. The van der Waals surface area contributed by atoms with Gasteiger partial charge in [-0.05, 0) is 12.8 Å². The highest BCUT2D eigenvalue weighted by Gasteiger charge is 2.32. The molecule has 1 fully saturated rings. The molecule has 2 heterocycles. The van der Waals surface area contributed by atoms with Crippen molar-refractivity contribution in [2.24, 2.45) is 5.73 Å². The molecule has 0 saturated carbocycles. The number of ether oxygens (including phenoxy) is 1. The second kappa shape index (κ2) is 5.28. The summed E-state index contributed by atoms with van der Waals surface area (Å²) in [6.07, 6.45) is 5.28. The van der Waals surface area contributed by atoms with E-state index in [0.717, 1.165) is 12.8 Å². The highest BCUT2D eigenvalue weighted by Crippen LogP contribution is 2.17. The van der Waals surface area contributed by atoms with Crippen molar-refractivity contribution in [1.29, 1.82) is 0 Å². The average Bonchev–Trinajstić information content (AvgIpc) is 2.88. The van der Waals surface area contributed by atoms with Crippen molar-refractivity contribution in [2.45, 2.75) is 17.7 Å². The van der Waals surface area contributed by atoms with Crippen LogP contribution in [-0.2, 0) is 14.8 Å². The number of nitrogens with one attached hydrogen (secondary N) is 1. The smallest absolute Gasteiger partial charge is 0.266 e. The molecule has 1 aliphatic heterocycles. The summed E-state index contributed by atoms with van der Waals surface area (Å²) in [5, 5.41) is 1.21. The predicted octanol–water partition coefficient (Wildman–Crippen LogP) is -1.51. The third kappa shape index (κ3) is 2.39. The summed E-state index contributed by atoms with van der Waals surface area (Å²) < 4.78 is 32.2. The van der Waals surface area contributed by atoms with E-state index in [1.807, 2.05) is 12.2 Å². The minimum atomic E-state index is -3.77. The van der Waals surface area contributed by atoms with Gasteiger partial charge in [0.1, 0.15) is 10.6 Å². The normalized spacial score (nSPS) is 19.4. The molecule has 0 unspecified atom stereocenters. The third-order valence-corrected chi connectivity index (χ3v) is 5.68. The number of primary amides is 1. The van der Waals surface area contributed by atoms with Gasteiger partial charge in [0.05, 0.1) is 13.2 Å². The van der Waals surface area contributed by atoms with Crippen LogP contribution in [0.2, 0.25) is 0 Å². The third-order valence-electron chi connectivity index (χ3n) is 3.70. The first-order valence-electron chi connectivity index (χ1n) is 6.82. The molecule has 8 heteroatoms. The molecule has 0 bridgehead atoms. The average molecular weight is 311 g/mol. The number of fused-ring (bicyclic) bond motifs is 1. The zero-order chi connectivity index (χ0) is 15.0. The van der Waals surface area contributed by atoms with Gasteiger partial charge in [-0.2, -0.15) is 4.31 Å². The summed E-state index contributed by atoms with van der Waals surface area (Å²) >= 11 is 0. The van der Waals surface area contributed by atoms with Crippen LogP contribution in [-0.4, -0.2) is 49.9 Å². The Bertz CT molecular complexity index is 788. The van der Waals surface area contributed by atoms with Gasteiger partial charge < -0.3 is 15.5 Å². The van der Waals surface area contributed by atoms with E-state index in [-0.39, 0.29) is 23.7 Å². The van der Waals surface area contributed by atoms with Crippen LogP contribution in [0.25, 0.3) is 12.2 Å². The molecule has 1 amide bonds. The minimum absolute atomic E-state index is 0.00264. The van der Waals surface area contributed by atoms with Gasteiger partial charge >= 0.3 is 0 Å². The molecule has 7 nitrogen and oxygen atoms in total. The number of amides is 1. The zero-order valence-corrected chi connectivity index (χ0v) is 12.3. The van der Waals surface area contributed by atoms with Crippen LogP contribution >= 0.6 is 0 Å². The molecule has 114 valence electrons. The van der Waals surface area contributed by atoms with E-state index in [1.54, 1.807) is 0 Å². The molecular formula is C13H17N3O4S. The highest BCUT2D eigenvalue weighted by molar-refractivity contribution is 7.89. The molecule has 2 aliphatic rings. The molecule has 0 spiro atoms. The maximum Gasteiger partial charge on any atom is 0.266 e. The summed E-state index contributed by atoms with van der Waals surface area (Å²) in [6, 6.07) is 0. The van der Waals surface area contributed by atoms with E-state index < -0.39 is 15.9 Å². The van der Waals surface area contributed by atoms with E-state index >= 15 is 0 Å². The lowest BCUT2D eigenvalue weighted by Crippen LogP contribution is -2.43. The zero-order valence-electron chi connectivity index (χ0n) is 11.5. The highest BCUT2D eigenvalue weighted by atomic mass is 32.2. The second-order valence-electron chi connectivity index (χ2n) is 5.02. The molecule has 0 atom stereocenters. The Morgan fingerprint density at radius 3 is 2.57 bits per heavy atom. The number of hydrogen-bond acceptors (Lipinski definition) is 4. The van der Waals surface area contributed by atoms with Crippen molar-refractivity contribution in [2.75, 3.05) is 26.3 Å². The Labute approximate surface area is 122 Å². The lowest BCUT2D eigenvalue weighted by atomic mass is 10.2. The summed E-state index contributed by atoms with van der Waals surface area (Å²) in [5.74, 6) is -0.766. The van der Waals surface area contributed by atoms with Crippen LogP contribution in [0.15, 0.2) is 4.90 Å². The predicted molar refractivity (Wildman–Crippen MR) is 76.3 cm³/mol. The molecule has 3 N–H and O–H groups in total. The first-order valence-corrected chi connectivity index (χ1v) is 8.26. The molecule has 1 aromatic rings. The van der Waals surface area contributed by atoms with Crippen LogP contribution in [0.3, 0.4) is 0 Å². The maximum atomic E-state index is 12.9. The van der Waals surface area contributed by atoms with Crippen LogP contribution in [0.1, 0.15) is 23.3 Å². The lowest BCUT2D eigenvalue weighted by Gasteiger charge is -2.26. The molecular weight excluding hydrogens is 294 g/mol. The SMILES string of the molecule is NC(=O)c1[nH]c2c(c1S(=O)(=O)N1CCOCC1)=CCCC=2. The fourth-order valence-corrected chi connectivity index (χ4v) is 4.46. The van der Waals surface area contributed by atoms with Gasteiger partial charge in [0.25, 0.3) is 5.91 Å². The van der Waals surface area contributed by atoms with Gasteiger partial charge in [-0.3, -0.25) is 4.79 Å². The summed E-state index contributed by atoms with van der Waals surface area (Å²) in [4.78, 5) is 14.5. The van der Waals surface area contributed by atoms with Crippen molar-refractivity contribution in [3.63, 3.8) is 0 Å². The van der Waals surface area contributed by atoms with Crippen molar-refractivity contribution in [3.8, 4) is 0 Å². The van der Waals surface area contributed by atoms with E-state index in [1.165, 1.54) is 4.31 Å². The Balaban J connectivity index is 2.22. The number of morpholine rings is 1. The fraction of sp³-hybridized carbons (Fsp3) is 0.462. The summed E-state index contributed by atoms with van der Waals surface area (Å²) in [6.45, 7) is 1.27. The Kier molecular flexibility index (Phi) is 3.60. The number of aromatic nitrogens is 1. The molecule has 0 radical (unpaired) electrons. The van der Waals surface area contributed by atoms with Gasteiger partial charge in [0.2, 0.25) is 10.0 Å². The lowest BCUT2D eigenvalue weighted by molar-refractivity contribution is 0.0729. The van der Waals surface area contributed by atoms with Crippen LogP contribution in [0, 0.1) is 0 Å². The Morgan fingerprint density at radius 2 is 1.90 bits per heavy atom. The van der Waals surface area contributed by atoms with Crippen molar-refractivity contribution in [3.05, 3.63) is 16.3 Å². The van der Waals surface area contributed by atoms with Crippen molar-refractivity contribution >= 4 is 28.1 Å². The number of nitrogens with two attached hydrogens (primary N) is 1. The number of nitrogens with zero attached hydrogens (tertiary/aromatic N) is 1. The van der Waals surface area contributed by atoms with Gasteiger partial charge in [-0.1, -0.05) is 12.2 Å². The molecule has 1 aliphatic carbocycles. The van der Waals surface area contributed by atoms with Gasteiger partial charge in [0, 0.05) is 23.7 Å². The molecule has 0 aromatic carbocycles. The van der Waals surface area contributed by atoms with Crippen LogP contribution in [0.5, 0.6) is 0 Å². The minimum Gasteiger partial charge on any atom is -0.379 e. The number of H-pyrrole nitrogens is 1.